The van der Waals surface area contributed by atoms with Gasteiger partial charge in [-0.15, -0.1) is 0 Å². The molecule has 0 bridgehead atoms. The van der Waals surface area contributed by atoms with E-state index >= 15 is 0 Å². The first-order valence-corrected chi connectivity index (χ1v) is 4.23. The molecule has 0 aliphatic carbocycles. The lowest BCUT2D eigenvalue weighted by Crippen LogP contribution is -2.45. The van der Waals surface area contributed by atoms with Crippen LogP contribution in [0.5, 0.6) is 0 Å². The summed E-state index contributed by atoms with van der Waals surface area (Å²) in [6, 6.07) is 0.157. The molecule has 0 aliphatic rings. The molecule has 0 rings (SSSR count). The van der Waals surface area contributed by atoms with Crippen molar-refractivity contribution in [1.82, 2.24) is 10.2 Å². The molecule has 1 N–H and O–H groups in total. The van der Waals surface area contributed by atoms with Gasteiger partial charge in [-0.05, 0) is 12.3 Å². The van der Waals surface area contributed by atoms with Crippen molar-refractivity contribution in [3.05, 3.63) is 0 Å². The lowest BCUT2D eigenvalue weighted by molar-refractivity contribution is 0.200. The predicted molar refractivity (Wildman–Crippen MR) is 51.1 cm³/mol. The maximum atomic E-state index is 11.2. The van der Waals surface area contributed by atoms with Gasteiger partial charge in [-0.25, -0.2) is 4.79 Å². The molecule has 0 saturated carbocycles. The third kappa shape index (κ3) is 3.60. The molecule has 3 heteroatoms. The van der Waals surface area contributed by atoms with Crippen molar-refractivity contribution >= 4 is 6.03 Å². The zero-order valence-corrected chi connectivity index (χ0v) is 8.93. The van der Waals surface area contributed by atoms with Crippen LogP contribution in [0.1, 0.15) is 27.7 Å². The molecule has 0 aliphatic heterocycles. The zero-order valence-electron chi connectivity index (χ0n) is 8.93. The summed E-state index contributed by atoms with van der Waals surface area (Å²) in [5.74, 6) is 0. The Hall–Kier alpha value is -0.730. The highest BCUT2D eigenvalue weighted by Gasteiger charge is 2.21. The van der Waals surface area contributed by atoms with Crippen molar-refractivity contribution in [2.75, 3.05) is 14.1 Å². The smallest absolute Gasteiger partial charge is 0.317 e. The van der Waals surface area contributed by atoms with E-state index in [0.717, 1.165) is 0 Å². The van der Waals surface area contributed by atoms with Crippen molar-refractivity contribution in [1.29, 1.82) is 0 Å². The van der Waals surface area contributed by atoms with Crippen LogP contribution >= 0.6 is 0 Å². The van der Waals surface area contributed by atoms with Crippen LogP contribution in [0.2, 0.25) is 0 Å². The Morgan fingerprint density at radius 3 is 2.00 bits per heavy atom. The topological polar surface area (TPSA) is 32.3 Å². The van der Waals surface area contributed by atoms with Gasteiger partial charge in [0, 0.05) is 20.1 Å². The van der Waals surface area contributed by atoms with E-state index in [1.165, 1.54) is 0 Å². The average molecular weight is 172 g/mol. The first kappa shape index (κ1) is 11.3. The van der Waals surface area contributed by atoms with Gasteiger partial charge in [0.1, 0.15) is 0 Å². The molecule has 72 valence electrons. The predicted octanol–water partition coefficient (Wildman–Crippen LogP) is 1.69. The first-order valence-electron chi connectivity index (χ1n) is 4.23. The summed E-state index contributed by atoms with van der Waals surface area (Å²) < 4.78 is 0. The normalized spacial score (nSPS) is 13.8. The first-order chi connectivity index (χ1) is 5.25. The largest absolute Gasteiger partial charge is 0.335 e. The van der Waals surface area contributed by atoms with Gasteiger partial charge in [0.2, 0.25) is 0 Å². The number of carbonyl (C=O) groups excluding carboxylic acids is 1. The Kier molecular flexibility index (Phi) is 3.55. The maximum absolute atomic E-state index is 11.2. The van der Waals surface area contributed by atoms with Crippen LogP contribution < -0.4 is 5.32 Å². The summed E-state index contributed by atoms with van der Waals surface area (Å²) in [4.78, 5) is 12.8. The Morgan fingerprint density at radius 2 is 1.75 bits per heavy atom. The molecule has 1 unspecified atom stereocenters. The molecule has 2 amide bonds. The fourth-order valence-electron chi connectivity index (χ4n) is 0.531. The molecule has 0 fully saturated rings. The van der Waals surface area contributed by atoms with Crippen molar-refractivity contribution in [3.8, 4) is 0 Å². The molecule has 1 atom stereocenters. The fraction of sp³-hybridized carbons (Fsp3) is 0.889. The highest BCUT2D eigenvalue weighted by Crippen LogP contribution is 2.18. The van der Waals surface area contributed by atoms with Gasteiger partial charge in [-0.3, -0.25) is 0 Å². The minimum absolute atomic E-state index is 0.0302. The number of urea groups is 1. The van der Waals surface area contributed by atoms with E-state index in [1.54, 1.807) is 19.0 Å². The molecular formula is C9H20N2O. The summed E-state index contributed by atoms with van der Waals surface area (Å²) in [5.41, 5.74) is 0.117. The monoisotopic (exact) mass is 172 g/mol. The average Bonchev–Trinajstić information content (AvgIpc) is 1.85. The van der Waals surface area contributed by atoms with E-state index in [1.807, 2.05) is 6.92 Å². The minimum Gasteiger partial charge on any atom is -0.335 e. The number of nitrogens with one attached hydrogen (secondary N) is 1. The molecule has 0 heterocycles. The fourth-order valence-corrected chi connectivity index (χ4v) is 0.531. The van der Waals surface area contributed by atoms with Gasteiger partial charge >= 0.3 is 6.03 Å². The van der Waals surface area contributed by atoms with Gasteiger partial charge in [-0.1, -0.05) is 20.8 Å². The third-order valence-corrected chi connectivity index (χ3v) is 2.05. The standard InChI is InChI=1S/C9H20N2O/c1-7(9(2,3)4)10-8(12)11(5)6/h7H,1-6H3,(H,10,12). The number of carbonyl (C=O) groups is 1. The highest BCUT2D eigenvalue weighted by atomic mass is 16.2. The van der Waals surface area contributed by atoms with Crippen molar-refractivity contribution in [2.45, 2.75) is 33.7 Å². The lowest BCUT2D eigenvalue weighted by atomic mass is 9.88. The second-order valence-corrected chi connectivity index (χ2v) is 4.43. The van der Waals surface area contributed by atoms with Crippen LogP contribution in [0.4, 0.5) is 4.79 Å². The summed E-state index contributed by atoms with van der Waals surface area (Å²) in [6.07, 6.45) is 0. The molecule has 0 aromatic rings. The van der Waals surface area contributed by atoms with Crippen molar-refractivity contribution < 1.29 is 4.79 Å². The molecule has 0 saturated heterocycles. The summed E-state index contributed by atoms with van der Waals surface area (Å²) in [5, 5.41) is 2.91. The van der Waals surface area contributed by atoms with Crippen LogP contribution in [-0.2, 0) is 0 Å². The second-order valence-electron chi connectivity index (χ2n) is 4.43. The molecular weight excluding hydrogens is 152 g/mol. The van der Waals surface area contributed by atoms with Crippen molar-refractivity contribution in [2.24, 2.45) is 5.41 Å². The van der Waals surface area contributed by atoms with Crippen LogP contribution in [0.15, 0.2) is 0 Å². The van der Waals surface area contributed by atoms with Gasteiger partial charge < -0.3 is 10.2 Å². The van der Waals surface area contributed by atoms with Crippen LogP contribution in [0, 0.1) is 5.41 Å². The van der Waals surface area contributed by atoms with Crippen LogP contribution in [-0.4, -0.2) is 31.1 Å². The van der Waals surface area contributed by atoms with E-state index in [9.17, 15) is 4.79 Å². The Labute approximate surface area is 75.1 Å². The quantitative estimate of drug-likeness (QED) is 0.641. The maximum Gasteiger partial charge on any atom is 0.317 e. The van der Waals surface area contributed by atoms with Gasteiger partial charge in [0.25, 0.3) is 0 Å². The Balaban J connectivity index is 4.02. The third-order valence-electron chi connectivity index (χ3n) is 2.05. The molecule has 0 spiro atoms. The number of amides is 2. The summed E-state index contributed by atoms with van der Waals surface area (Å²) >= 11 is 0. The van der Waals surface area contributed by atoms with E-state index in [0.29, 0.717) is 0 Å². The Morgan fingerprint density at radius 1 is 1.33 bits per heavy atom. The van der Waals surface area contributed by atoms with E-state index in [4.69, 9.17) is 0 Å². The zero-order chi connectivity index (χ0) is 9.94. The molecule has 3 nitrogen and oxygen atoms in total. The number of rotatable bonds is 1. The van der Waals surface area contributed by atoms with Crippen LogP contribution in [0.25, 0.3) is 0 Å². The highest BCUT2D eigenvalue weighted by molar-refractivity contribution is 5.73. The number of hydrogen-bond donors (Lipinski definition) is 1. The molecule has 0 radical (unpaired) electrons. The van der Waals surface area contributed by atoms with Crippen LogP contribution in [0.3, 0.4) is 0 Å². The van der Waals surface area contributed by atoms with Gasteiger partial charge in [-0.2, -0.15) is 0 Å². The second kappa shape index (κ2) is 3.78. The molecule has 0 aromatic carbocycles. The van der Waals surface area contributed by atoms with E-state index in [2.05, 4.69) is 26.1 Å². The lowest BCUT2D eigenvalue weighted by Gasteiger charge is -2.29. The number of hydrogen-bond acceptors (Lipinski definition) is 1. The van der Waals surface area contributed by atoms with Gasteiger partial charge in [0.15, 0.2) is 0 Å². The minimum atomic E-state index is -0.0302. The summed E-state index contributed by atoms with van der Waals surface area (Å²) in [7, 11) is 3.48. The van der Waals surface area contributed by atoms with E-state index < -0.39 is 0 Å². The SMILES string of the molecule is CC(NC(=O)N(C)C)C(C)(C)C. The Bertz CT molecular complexity index is 158. The number of nitrogens with zero attached hydrogens (tertiary/aromatic N) is 1. The molecule has 0 aromatic heterocycles. The van der Waals surface area contributed by atoms with Gasteiger partial charge in [0.05, 0.1) is 0 Å². The molecule has 12 heavy (non-hydrogen) atoms. The van der Waals surface area contributed by atoms with Crippen molar-refractivity contribution in [3.63, 3.8) is 0 Å². The van der Waals surface area contributed by atoms with E-state index in [-0.39, 0.29) is 17.5 Å². The summed E-state index contributed by atoms with van der Waals surface area (Å²) in [6.45, 7) is 8.33.